The molecular formula is C16H15ClF3N5O. The van der Waals surface area contributed by atoms with Crippen molar-refractivity contribution in [3.05, 3.63) is 40.5 Å². The summed E-state index contributed by atoms with van der Waals surface area (Å²) in [6, 6.07) is 4.64. The average Bonchev–Trinajstić information content (AvgIpc) is 2.94. The zero-order chi connectivity index (χ0) is 19.5. The fourth-order valence-electron chi connectivity index (χ4n) is 2.18. The molecule has 0 aliphatic heterocycles. The van der Waals surface area contributed by atoms with Crippen molar-refractivity contribution in [1.82, 2.24) is 15.1 Å². The summed E-state index contributed by atoms with van der Waals surface area (Å²) in [5.74, 6) is -0.150. The van der Waals surface area contributed by atoms with Crippen LogP contribution in [0.1, 0.15) is 25.0 Å². The van der Waals surface area contributed by atoms with Crippen LogP contribution in [0, 0.1) is 11.3 Å². The number of alkyl halides is 3. The van der Waals surface area contributed by atoms with Crippen LogP contribution in [0.3, 0.4) is 0 Å². The lowest BCUT2D eigenvalue weighted by atomic mass is 10.2. The van der Waals surface area contributed by atoms with Crippen LogP contribution >= 0.6 is 11.6 Å². The normalized spacial score (nSPS) is 11.3. The van der Waals surface area contributed by atoms with Crippen LogP contribution in [0.4, 0.5) is 19.0 Å². The smallest absolute Gasteiger partial charge is 0.360 e. The number of amides is 1. The molecule has 138 valence electrons. The molecule has 2 N–H and O–H groups in total. The van der Waals surface area contributed by atoms with Crippen molar-refractivity contribution in [2.75, 3.05) is 11.9 Å². The number of anilines is 1. The number of benzene rings is 1. The first-order valence-corrected chi connectivity index (χ1v) is 7.89. The first kappa shape index (κ1) is 19.6. The van der Waals surface area contributed by atoms with Gasteiger partial charge in [-0.1, -0.05) is 11.6 Å². The molecule has 0 aliphatic rings. The van der Waals surface area contributed by atoms with Crippen LogP contribution in [0.5, 0.6) is 0 Å². The first-order valence-electron chi connectivity index (χ1n) is 7.52. The molecule has 0 atom stereocenters. The summed E-state index contributed by atoms with van der Waals surface area (Å²) < 4.78 is 39.5. The molecule has 2 rings (SSSR count). The fraction of sp³-hybridized carbons (Fsp3) is 0.312. The Hall–Kier alpha value is -2.73. The monoisotopic (exact) mass is 385 g/mol. The van der Waals surface area contributed by atoms with Gasteiger partial charge in [0.05, 0.1) is 29.0 Å². The van der Waals surface area contributed by atoms with Crippen molar-refractivity contribution < 1.29 is 18.0 Å². The maximum absolute atomic E-state index is 12.8. The second-order valence-corrected chi connectivity index (χ2v) is 6.08. The maximum Gasteiger partial charge on any atom is 0.416 e. The van der Waals surface area contributed by atoms with Crippen LogP contribution < -0.4 is 10.6 Å². The summed E-state index contributed by atoms with van der Waals surface area (Å²) in [7, 11) is 0. The van der Waals surface area contributed by atoms with Crippen LogP contribution in [-0.2, 0) is 11.0 Å². The molecule has 1 aromatic heterocycles. The molecule has 1 amide bonds. The summed E-state index contributed by atoms with van der Waals surface area (Å²) in [5, 5.41) is 18.4. The highest BCUT2D eigenvalue weighted by molar-refractivity contribution is 6.32. The van der Waals surface area contributed by atoms with E-state index in [2.05, 4.69) is 15.7 Å². The van der Waals surface area contributed by atoms with Crippen LogP contribution in [-0.4, -0.2) is 28.3 Å². The molecule has 10 heteroatoms. The first-order chi connectivity index (χ1) is 12.1. The highest BCUT2D eigenvalue weighted by Gasteiger charge is 2.31. The second-order valence-electron chi connectivity index (χ2n) is 5.67. The molecule has 0 bridgehead atoms. The van der Waals surface area contributed by atoms with Crippen molar-refractivity contribution in [1.29, 1.82) is 5.26 Å². The Kier molecular flexibility index (Phi) is 5.77. The predicted octanol–water partition coefficient (Wildman–Crippen LogP) is 3.35. The van der Waals surface area contributed by atoms with Crippen LogP contribution in [0.25, 0.3) is 5.69 Å². The zero-order valence-corrected chi connectivity index (χ0v) is 14.6. The van der Waals surface area contributed by atoms with Gasteiger partial charge in [-0.05, 0) is 32.0 Å². The molecule has 6 nitrogen and oxygen atoms in total. The number of hydrogen-bond acceptors (Lipinski definition) is 4. The Bertz CT molecular complexity index is 855. The van der Waals surface area contributed by atoms with Gasteiger partial charge in [-0.3, -0.25) is 4.79 Å². The third-order valence-corrected chi connectivity index (χ3v) is 3.56. The molecule has 1 aromatic carbocycles. The standard InChI is InChI=1S/C16H15ClF3N5O/c1-9(2)24-14(26)8-22-15-10(6-21)7-23-25(15)13-4-3-11(5-12(13)17)16(18,19)20/h3-5,7,9,22H,8H2,1-2H3,(H,24,26). The summed E-state index contributed by atoms with van der Waals surface area (Å²) in [6.45, 7) is 3.45. The van der Waals surface area contributed by atoms with Gasteiger partial charge in [-0.15, -0.1) is 0 Å². The van der Waals surface area contributed by atoms with Crippen molar-refractivity contribution in [2.24, 2.45) is 0 Å². The van der Waals surface area contributed by atoms with Crippen LogP contribution in [0.2, 0.25) is 5.02 Å². The summed E-state index contributed by atoms with van der Waals surface area (Å²) >= 11 is 5.98. The number of hydrogen-bond donors (Lipinski definition) is 2. The SMILES string of the molecule is CC(C)NC(=O)CNc1c(C#N)cnn1-c1ccc(C(F)(F)F)cc1Cl. The molecule has 0 radical (unpaired) electrons. The van der Waals surface area contributed by atoms with E-state index in [9.17, 15) is 23.2 Å². The number of nitrogens with zero attached hydrogens (tertiary/aromatic N) is 3. The number of rotatable bonds is 5. The number of carbonyl (C=O) groups is 1. The minimum absolute atomic E-state index is 0.0611. The van der Waals surface area contributed by atoms with Gasteiger partial charge in [0.2, 0.25) is 5.91 Å². The quantitative estimate of drug-likeness (QED) is 0.826. The largest absolute Gasteiger partial charge is 0.416 e. The molecular weight excluding hydrogens is 371 g/mol. The van der Waals surface area contributed by atoms with Crippen molar-refractivity contribution in [3.8, 4) is 11.8 Å². The third-order valence-electron chi connectivity index (χ3n) is 3.26. The molecule has 0 fully saturated rings. The molecule has 0 unspecified atom stereocenters. The Morgan fingerprint density at radius 1 is 1.42 bits per heavy atom. The lowest BCUT2D eigenvalue weighted by molar-refractivity contribution is -0.137. The highest BCUT2D eigenvalue weighted by Crippen LogP contribution is 2.34. The average molecular weight is 386 g/mol. The zero-order valence-electron chi connectivity index (χ0n) is 13.9. The molecule has 1 heterocycles. The van der Waals surface area contributed by atoms with Crippen molar-refractivity contribution in [2.45, 2.75) is 26.1 Å². The Morgan fingerprint density at radius 3 is 2.65 bits per heavy atom. The van der Waals surface area contributed by atoms with Gasteiger partial charge in [0.1, 0.15) is 17.5 Å². The lowest BCUT2D eigenvalue weighted by Crippen LogP contribution is -2.35. The minimum Gasteiger partial charge on any atom is -0.360 e. The number of nitrogens with one attached hydrogen (secondary N) is 2. The van der Waals surface area contributed by atoms with E-state index < -0.39 is 11.7 Å². The van der Waals surface area contributed by atoms with E-state index in [-0.39, 0.29) is 40.6 Å². The van der Waals surface area contributed by atoms with Crippen LogP contribution in [0.15, 0.2) is 24.4 Å². The van der Waals surface area contributed by atoms with Gasteiger partial charge in [-0.2, -0.15) is 23.5 Å². The molecule has 0 aliphatic carbocycles. The Labute approximate surface area is 152 Å². The van der Waals surface area contributed by atoms with Gasteiger partial charge in [0.25, 0.3) is 0 Å². The topological polar surface area (TPSA) is 82.7 Å². The Balaban J connectivity index is 2.35. The summed E-state index contributed by atoms with van der Waals surface area (Å²) in [6.07, 6.45) is -3.29. The minimum atomic E-state index is -4.53. The fourth-order valence-corrected chi connectivity index (χ4v) is 2.44. The van der Waals surface area contributed by atoms with Gasteiger partial charge >= 0.3 is 6.18 Å². The van der Waals surface area contributed by atoms with Crippen molar-refractivity contribution >= 4 is 23.3 Å². The van der Waals surface area contributed by atoms with E-state index in [1.807, 2.05) is 6.07 Å². The number of halogens is 4. The Morgan fingerprint density at radius 2 is 2.12 bits per heavy atom. The summed E-state index contributed by atoms with van der Waals surface area (Å²) in [5.41, 5.74) is -0.629. The number of aromatic nitrogens is 2. The number of nitriles is 1. The molecule has 0 saturated heterocycles. The second kappa shape index (κ2) is 7.66. The maximum atomic E-state index is 12.8. The van der Waals surface area contributed by atoms with Gasteiger partial charge in [0, 0.05) is 6.04 Å². The van der Waals surface area contributed by atoms with E-state index in [1.165, 1.54) is 10.9 Å². The van der Waals surface area contributed by atoms with E-state index in [0.717, 1.165) is 18.2 Å². The van der Waals surface area contributed by atoms with Crippen molar-refractivity contribution in [3.63, 3.8) is 0 Å². The predicted molar refractivity (Wildman–Crippen MR) is 90.1 cm³/mol. The number of carbonyl (C=O) groups excluding carboxylic acids is 1. The lowest BCUT2D eigenvalue weighted by Gasteiger charge is -2.14. The third kappa shape index (κ3) is 4.46. The van der Waals surface area contributed by atoms with E-state index >= 15 is 0 Å². The van der Waals surface area contributed by atoms with E-state index in [1.54, 1.807) is 13.8 Å². The van der Waals surface area contributed by atoms with Gasteiger partial charge in [-0.25, -0.2) is 4.68 Å². The van der Waals surface area contributed by atoms with E-state index in [0.29, 0.717) is 0 Å². The van der Waals surface area contributed by atoms with Gasteiger partial charge < -0.3 is 10.6 Å². The summed E-state index contributed by atoms with van der Waals surface area (Å²) in [4.78, 5) is 11.8. The molecule has 0 spiro atoms. The van der Waals surface area contributed by atoms with Gasteiger partial charge in [0.15, 0.2) is 0 Å². The molecule has 0 saturated carbocycles. The molecule has 2 aromatic rings. The molecule has 26 heavy (non-hydrogen) atoms. The van der Waals surface area contributed by atoms with E-state index in [4.69, 9.17) is 11.6 Å². The highest BCUT2D eigenvalue weighted by atomic mass is 35.5.